The molecular weight excluding hydrogens is 284 g/mol. The number of hydrogen-bond acceptors (Lipinski definition) is 4. The van der Waals surface area contributed by atoms with Gasteiger partial charge in [-0.15, -0.1) is 11.3 Å². The maximum absolute atomic E-state index is 11.9. The van der Waals surface area contributed by atoms with Gasteiger partial charge in [0.1, 0.15) is 0 Å². The second kappa shape index (κ2) is 6.12. The maximum atomic E-state index is 11.9. The zero-order valence-electron chi connectivity index (χ0n) is 12.0. The number of benzene rings is 1. The Balaban J connectivity index is 1.49. The summed E-state index contributed by atoms with van der Waals surface area (Å²) in [5.74, 6) is -0.00502. The molecule has 1 aliphatic carbocycles. The Morgan fingerprint density at radius 3 is 2.86 bits per heavy atom. The van der Waals surface area contributed by atoms with E-state index in [1.54, 1.807) is 11.3 Å². The van der Waals surface area contributed by atoms with Gasteiger partial charge in [0.2, 0.25) is 5.91 Å². The minimum Gasteiger partial charge on any atom is -0.388 e. The average molecular weight is 304 g/mol. The van der Waals surface area contributed by atoms with Crippen LogP contribution in [0.25, 0.3) is 10.2 Å². The molecule has 2 aromatic rings. The summed E-state index contributed by atoms with van der Waals surface area (Å²) in [4.78, 5) is 16.4. The highest BCUT2D eigenvalue weighted by atomic mass is 32.1. The number of nitrogens with one attached hydrogen (secondary N) is 1. The van der Waals surface area contributed by atoms with Crippen LogP contribution in [0.2, 0.25) is 0 Å². The molecular formula is C16H20N2O2S. The van der Waals surface area contributed by atoms with Gasteiger partial charge < -0.3 is 10.4 Å². The van der Waals surface area contributed by atoms with E-state index in [-0.39, 0.29) is 5.91 Å². The van der Waals surface area contributed by atoms with Crippen molar-refractivity contribution in [2.75, 3.05) is 6.54 Å². The third-order valence-electron chi connectivity index (χ3n) is 4.05. The van der Waals surface area contributed by atoms with Crippen molar-refractivity contribution in [2.24, 2.45) is 0 Å². The molecule has 1 aromatic carbocycles. The smallest absolute Gasteiger partial charge is 0.220 e. The summed E-state index contributed by atoms with van der Waals surface area (Å²) in [5, 5.41) is 14.0. The molecule has 0 unspecified atom stereocenters. The number of carbonyl (C=O) groups is 1. The van der Waals surface area contributed by atoms with Crippen LogP contribution in [0.15, 0.2) is 24.3 Å². The molecule has 0 spiro atoms. The number of amides is 1. The molecule has 2 N–H and O–H groups in total. The predicted molar refractivity (Wildman–Crippen MR) is 84.4 cm³/mol. The Bertz CT molecular complexity index is 599. The average Bonchev–Trinajstić information content (AvgIpc) is 3.09. The first-order chi connectivity index (χ1) is 10.1. The van der Waals surface area contributed by atoms with E-state index in [1.807, 2.05) is 24.3 Å². The number of rotatable bonds is 5. The van der Waals surface area contributed by atoms with E-state index in [9.17, 15) is 9.90 Å². The number of nitrogens with zero attached hydrogens (tertiary/aromatic N) is 1. The number of aromatic nitrogens is 1. The quantitative estimate of drug-likeness (QED) is 0.892. The number of carbonyl (C=O) groups excluding carboxylic acids is 1. The molecule has 0 atom stereocenters. The Kier molecular flexibility index (Phi) is 4.22. The van der Waals surface area contributed by atoms with E-state index in [4.69, 9.17) is 0 Å². The van der Waals surface area contributed by atoms with Crippen molar-refractivity contribution >= 4 is 27.5 Å². The van der Waals surface area contributed by atoms with Crippen molar-refractivity contribution in [3.63, 3.8) is 0 Å². The van der Waals surface area contributed by atoms with E-state index >= 15 is 0 Å². The number of aryl methyl sites for hydroxylation is 1. The zero-order chi connectivity index (χ0) is 14.7. The van der Waals surface area contributed by atoms with Crippen molar-refractivity contribution in [2.45, 2.75) is 44.1 Å². The van der Waals surface area contributed by atoms with Crippen LogP contribution in [0.3, 0.4) is 0 Å². The van der Waals surface area contributed by atoms with E-state index < -0.39 is 5.60 Å². The van der Waals surface area contributed by atoms with Crippen LogP contribution < -0.4 is 5.32 Å². The van der Waals surface area contributed by atoms with Gasteiger partial charge in [-0.2, -0.15) is 0 Å². The lowest BCUT2D eigenvalue weighted by Gasteiger charge is -2.22. The maximum Gasteiger partial charge on any atom is 0.220 e. The van der Waals surface area contributed by atoms with Gasteiger partial charge in [0.15, 0.2) is 0 Å². The van der Waals surface area contributed by atoms with Crippen LogP contribution in [0.5, 0.6) is 0 Å². The Labute approximate surface area is 128 Å². The van der Waals surface area contributed by atoms with Crippen LogP contribution in [0, 0.1) is 0 Å². The van der Waals surface area contributed by atoms with Gasteiger partial charge in [-0.25, -0.2) is 4.98 Å². The minimum absolute atomic E-state index is 0.00502. The van der Waals surface area contributed by atoms with Crippen LogP contribution in [0.1, 0.15) is 37.1 Å². The van der Waals surface area contributed by atoms with Crippen LogP contribution in [-0.2, 0) is 11.2 Å². The second-order valence-corrected chi connectivity index (χ2v) is 6.90. The van der Waals surface area contributed by atoms with Gasteiger partial charge in [0, 0.05) is 19.4 Å². The summed E-state index contributed by atoms with van der Waals surface area (Å²) >= 11 is 1.64. The van der Waals surface area contributed by atoms with Crippen molar-refractivity contribution < 1.29 is 9.90 Å². The molecule has 5 heteroatoms. The lowest BCUT2D eigenvalue weighted by Crippen LogP contribution is -2.40. The fourth-order valence-electron chi connectivity index (χ4n) is 2.81. The fraction of sp³-hybridized carbons (Fsp3) is 0.500. The van der Waals surface area contributed by atoms with E-state index in [0.717, 1.165) is 40.9 Å². The number of thiazole rings is 1. The lowest BCUT2D eigenvalue weighted by molar-refractivity contribution is -0.122. The van der Waals surface area contributed by atoms with Crippen LogP contribution in [-0.4, -0.2) is 28.1 Å². The van der Waals surface area contributed by atoms with Gasteiger partial charge in [-0.05, 0) is 25.0 Å². The fourth-order valence-corrected chi connectivity index (χ4v) is 3.78. The Hall–Kier alpha value is -1.46. The largest absolute Gasteiger partial charge is 0.388 e. The molecule has 0 aliphatic heterocycles. The highest BCUT2D eigenvalue weighted by Crippen LogP contribution is 2.28. The first-order valence-electron chi connectivity index (χ1n) is 7.48. The first kappa shape index (κ1) is 14.5. The summed E-state index contributed by atoms with van der Waals surface area (Å²) in [6, 6.07) is 8.01. The lowest BCUT2D eigenvalue weighted by atomic mass is 10.0. The molecule has 0 bridgehead atoms. The topological polar surface area (TPSA) is 62.2 Å². The first-order valence-corrected chi connectivity index (χ1v) is 8.30. The summed E-state index contributed by atoms with van der Waals surface area (Å²) in [6.07, 6.45) is 4.78. The molecule has 0 saturated heterocycles. The number of fused-ring (bicyclic) bond motifs is 1. The van der Waals surface area contributed by atoms with Gasteiger partial charge >= 0.3 is 0 Å². The van der Waals surface area contributed by atoms with Gasteiger partial charge in [0.05, 0.1) is 20.8 Å². The van der Waals surface area contributed by atoms with Crippen LogP contribution >= 0.6 is 11.3 Å². The normalized spacial score (nSPS) is 17.2. The molecule has 3 rings (SSSR count). The van der Waals surface area contributed by atoms with Crippen molar-refractivity contribution in [3.8, 4) is 0 Å². The monoisotopic (exact) mass is 304 g/mol. The second-order valence-electron chi connectivity index (χ2n) is 5.78. The number of hydrogen-bond donors (Lipinski definition) is 2. The molecule has 1 heterocycles. The molecule has 21 heavy (non-hydrogen) atoms. The van der Waals surface area contributed by atoms with E-state index in [0.29, 0.717) is 19.4 Å². The molecule has 1 aromatic heterocycles. The predicted octanol–water partition coefficient (Wildman–Crippen LogP) is 2.65. The SMILES string of the molecule is O=C(CCc1nc2ccccc2s1)NCC1(O)CCCC1. The van der Waals surface area contributed by atoms with Gasteiger partial charge in [-0.3, -0.25) is 4.79 Å². The summed E-state index contributed by atoms with van der Waals surface area (Å²) < 4.78 is 1.16. The van der Waals surface area contributed by atoms with E-state index in [1.165, 1.54) is 0 Å². The Morgan fingerprint density at radius 2 is 2.10 bits per heavy atom. The third kappa shape index (κ3) is 3.60. The van der Waals surface area contributed by atoms with Crippen LogP contribution in [0.4, 0.5) is 0 Å². The molecule has 1 fully saturated rings. The number of aliphatic hydroxyl groups is 1. The van der Waals surface area contributed by atoms with Gasteiger partial charge in [0.25, 0.3) is 0 Å². The molecule has 112 valence electrons. The third-order valence-corrected chi connectivity index (χ3v) is 5.15. The minimum atomic E-state index is -0.675. The zero-order valence-corrected chi connectivity index (χ0v) is 12.8. The molecule has 4 nitrogen and oxygen atoms in total. The van der Waals surface area contributed by atoms with E-state index in [2.05, 4.69) is 10.3 Å². The molecule has 0 radical (unpaired) electrons. The Morgan fingerprint density at radius 1 is 1.33 bits per heavy atom. The molecule has 1 amide bonds. The molecule has 1 aliphatic rings. The standard InChI is InChI=1S/C16H20N2O2S/c19-14(17-11-16(20)9-3-4-10-16)7-8-15-18-12-5-1-2-6-13(12)21-15/h1-2,5-6,20H,3-4,7-11H2,(H,17,19). The van der Waals surface area contributed by atoms with Crippen molar-refractivity contribution in [3.05, 3.63) is 29.3 Å². The number of para-hydroxylation sites is 1. The summed E-state index contributed by atoms with van der Waals surface area (Å²) in [7, 11) is 0. The highest BCUT2D eigenvalue weighted by Gasteiger charge is 2.31. The van der Waals surface area contributed by atoms with Crippen molar-refractivity contribution in [1.82, 2.24) is 10.3 Å². The summed E-state index contributed by atoms with van der Waals surface area (Å²) in [5.41, 5.74) is 0.323. The van der Waals surface area contributed by atoms with Gasteiger partial charge in [-0.1, -0.05) is 25.0 Å². The highest BCUT2D eigenvalue weighted by molar-refractivity contribution is 7.18. The molecule has 1 saturated carbocycles. The van der Waals surface area contributed by atoms with Crippen molar-refractivity contribution in [1.29, 1.82) is 0 Å². The summed E-state index contributed by atoms with van der Waals surface area (Å²) in [6.45, 7) is 0.381.